The Morgan fingerprint density at radius 1 is 1.61 bits per heavy atom. The maximum absolute atomic E-state index is 5.93. The molecule has 0 fully saturated rings. The van der Waals surface area contributed by atoms with Crippen molar-refractivity contribution in [2.45, 2.75) is 19.4 Å². The van der Waals surface area contributed by atoms with Gasteiger partial charge in [-0.2, -0.15) is 4.37 Å². The number of nitrogens with one attached hydrogen (secondary N) is 1. The van der Waals surface area contributed by atoms with Crippen LogP contribution < -0.4 is 11.1 Å². The number of nitrogens with zero attached hydrogens (tertiary/aromatic N) is 2. The second-order valence-corrected chi connectivity index (χ2v) is 4.86. The maximum Gasteiger partial charge on any atom is 0.147 e. The minimum absolute atomic E-state index is 0.303. The van der Waals surface area contributed by atoms with E-state index in [1.807, 2.05) is 18.2 Å². The van der Waals surface area contributed by atoms with Crippen molar-refractivity contribution in [3.8, 4) is 11.1 Å². The molecule has 0 aliphatic rings. The molecule has 0 saturated carbocycles. The summed E-state index contributed by atoms with van der Waals surface area (Å²) >= 11 is 1.38. The van der Waals surface area contributed by atoms with Crippen LogP contribution in [0.3, 0.4) is 0 Å². The molecule has 4 nitrogen and oxygen atoms in total. The number of rotatable bonds is 5. The summed E-state index contributed by atoms with van der Waals surface area (Å²) in [4.78, 5) is 4.12. The van der Waals surface area contributed by atoms with Gasteiger partial charge in [0, 0.05) is 24.0 Å². The molecule has 18 heavy (non-hydrogen) atoms. The Kier molecular flexibility index (Phi) is 3.94. The Balaban J connectivity index is 2.30. The quantitative estimate of drug-likeness (QED) is 0.810. The van der Waals surface area contributed by atoms with Gasteiger partial charge in [-0.15, -0.1) is 6.58 Å². The second-order valence-electron chi connectivity index (χ2n) is 4.08. The van der Waals surface area contributed by atoms with Crippen molar-refractivity contribution in [1.29, 1.82) is 0 Å². The summed E-state index contributed by atoms with van der Waals surface area (Å²) in [5.74, 6) is 0.543. The first kappa shape index (κ1) is 12.6. The zero-order valence-electron chi connectivity index (χ0n) is 10.3. The van der Waals surface area contributed by atoms with Crippen LogP contribution >= 0.6 is 11.5 Å². The van der Waals surface area contributed by atoms with Crippen molar-refractivity contribution in [3.63, 3.8) is 0 Å². The zero-order chi connectivity index (χ0) is 13.0. The summed E-state index contributed by atoms with van der Waals surface area (Å²) in [7, 11) is 0. The Morgan fingerprint density at radius 3 is 3.11 bits per heavy atom. The first-order chi connectivity index (χ1) is 8.72. The van der Waals surface area contributed by atoms with Crippen LogP contribution in [-0.2, 0) is 0 Å². The molecule has 2 aromatic rings. The average Bonchev–Trinajstić information content (AvgIpc) is 2.72. The summed E-state index contributed by atoms with van der Waals surface area (Å²) in [6.45, 7) is 5.84. The van der Waals surface area contributed by atoms with Gasteiger partial charge in [0.15, 0.2) is 0 Å². The minimum Gasteiger partial charge on any atom is -0.382 e. The number of hydrogen-bond donors (Lipinski definition) is 2. The molecule has 2 heterocycles. The predicted octanol–water partition coefficient (Wildman–Crippen LogP) is 3.16. The largest absolute Gasteiger partial charge is 0.382 e. The molecule has 94 valence electrons. The van der Waals surface area contributed by atoms with Crippen LogP contribution in [0, 0.1) is 0 Å². The molecule has 0 radical (unpaired) electrons. The fourth-order valence-corrected chi connectivity index (χ4v) is 2.57. The lowest BCUT2D eigenvalue weighted by atomic mass is 10.1. The van der Waals surface area contributed by atoms with Crippen LogP contribution in [0.25, 0.3) is 11.1 Å². The van der Waals surface area contributed by atoms with Gasteiger partial charge in [-0.25, -0.2) is 0 Å². The van der Waals surface area contributed by atoms with Crippen molar-refractivity contribution in [3.05, 3.63) is 37.2 Å². The van der Waals surface area contributed by atoms with Gasteiger partial charge >= 0.3 is 0 Å². The highest BCUT2D eigenvalue weighted by atomic mass is 32.1. The van der Waals surface area contributed by atoms with Crippen molar-refractivity contribution < 1.29 is 0 Å². The van der Waals surface area contributed by atoms with Gasteiger partial charge in [0.05, 0.1) is 5.56 Å². The zero-order valence-corrected chi connectivity index (χ0v) is 11.1. The van der Waals surface area contributed by atoms with E-state index in [1.54, 1.807) is 12.4 Å². The van der Waals surface area contributed by atoms with E-state index < -0.39 is 0 Å². The number of nitrogens with two attached hydrogens (primary N) is 1. The van der Waals surface area contributed by atoms with E-state index in [2.05, 4.69) is 28.2 Å². The van der Waals surface area contributed by atoms with Gasteiger partial charge in [-0.05, 0) is 30.9 Å². The number of nitrogen functional groups attached to an aromatic ring is 1. The third kappa shape index (κ3) is 2.68. The third-order valence-electron chi connectivity index (χ3n) is 2.57. The SMILES string of the molecule is C=CCC(C)Nc1snc(N)c1-c1cccnc1. The van der Waals surface area contributed by atoms with Gasteiger partial charge in [0.2, 0.25) is 0 Å². The predicted molar refractivity (Wildman–Crippen MR) is 77.7 cm³/mol. The highest BCUT2D eigenvalue weighted by Gasteiger charge is 2.14. The molecule has 0 aliphatic heterocycles. The fraction of sp³-hybridized carbons (Fsp3) is 0.231. The van der Waals surface area contributed by atoms with Gasteiger partial charge in [-0.3, -0.25) is 4.98 Å². The molecule has 3 N–H and O–H groups in total. The number of pyridine rings is 1. The maximum atomic E-state index is 5.93. The summed E-state index contributed by atoms with van der Waals surface area (Å²) in [5, 5.41) is 4.39. The normalized spacial score (nSPS) is 12.1. The third-order valence-corrected chi connectivity index (χ3v) is 3.36. The van der Waals surface area contributed by atoms with E-state index in [1.165, 1.54) is 11.5 Å². The van der Waals surface area contributed by atoms with Crippen LogP contribution in [0.2, 0.25) is 0 Å². The standard InChI is InChI=1S/C13H16N4S/c1-3-5-9(2)16-13-11(12(14)17-18-13)10-6-4-7-15-8-10/h3-4,6-9,16H,1,5H2,2H3,(H2,14,17). The Bertz CT molecular complexity index is 521. The summed E-state index contributed by atoms with van der Waals surface area (Å²) in [5.41, 5.74) is 7.85. The van der Waals surface area contributed by atoms with Crippen LogP contribution in [0.4, 0.5) is 10.8 Å². The topological polar surface area (TPSA) is 63.8 Å². The molecule has 2 rings (SSSR count). The molecule has 1 atom stereocenters. The first-order valence-electron chi connectivity index (χ1n) is 5.75. The van der Waals surface area contributed by atoms with Crippen molar-refractivity contribution >= 4 is 22.4 Å². The Labute approximate surface area is 111 Å². The van der Waals surface area contributed by atoms with Crippen LogP contribution in [-0.4, -0.2) is 15.4 Å². The molecule has 0 bridgehead atoms. The molecule has 5 heteroatoms. The monoisotopic (exact) mass is 260 g/mol. The molecular formula is C13H16N4S. The number of anilines is 2. The first-order valence-corrected chi connectivity index (χ1v) is 6.52. The van der Waals surface area contributed by atoms with Crippen molar-refractivity contribution in [1.82, 2.24) is 9.36 Å². The molecule has 0 aromatic carbocycles. The van der Waals surface area contributed by atoms with E-state index in [4.69, 9.17) is 5.73 Å². The van der Waals surface area contributed by atoms with Crippen molar-refractivity contribution in [2.24, 2.45) is 0 Å². The smallest absolute Gasteiger partial charge is 0.147 e. The second kappa shape index (κ2) is 5.64. The van der Waals surface area contributed by atoms with E-state index in [9.17, 15) is 0 Å². The van der Waals surface area contributed by atoms with E-state index in [-0.39, 0.29) is 0 Å². The Hall–Kier alpha value is -1.88. The van der Waals surface area contributed by atoms with Gasteiger partial charge in [0.25, 0.3) is 0 Å². The molecule has 0 spiro atoms. The van der Waals surface area contributed by atoms with E-state index in [0.717, 1.165) is 22.5 Å². The lowest BCUT2D eigenvalue weighted by Gasteiger charge is -2.12. The molecular weight excluding hydrogens is 244 g/mol. The van der Waals surface area contributed by atoms with E-state index >= 15 is 0 Å². The van der Waals surface area contributed by atoms with Crippen LogP contribution in [0.15, 0.2) is 37.2 Å². The molecule has 1 unspecified atom stereocenters. The Morgan fingerprint density at radius 2 is 2.44 bits per heavy atom. The van der Waals surface area contributed by atoms with Crippen LogP contribution in [0.1, 0.15) is 13.3 Å². The highest BCUT2D eigenvalue weighted by molar-refractivity contribution is 7.11. The molecule has 0 amide bonds. The molecule has 0 aliphatic carbocycles. The minimum atomic E-state index is 0.303. The number of aromatic nitrogens is 2. The van der Waals surface area contributed by atoms with Crippen LogP contribution in [0.5, 0.6) is 0 Å². The fourth-order valence-electron chi connectivity index (χ4n) is 1.72. The van der Waals surface area contributed by atoms with Gasteiger partial charge in [0.1, 0.15) is 10.8 Å². The molecule has 2 aromatic heterocycles. The summed E-state index contributed by atoms with van der Waals surface area (Å²) < 4.78 is 4.21. The van der Waals surface area contributed by atoms with E-state index in [0.29, 0.717) is 11.9 Å². The summed E-state index contributed by atoms with van der Waals surface area (Å²) in [6.07, 6.45) is 6.33. The van der Waals surface area contributed by atoms with Gasteiger partial charge in [-0.1, -0.05) is 12.1 Å². The average molecular weight is 260 g/mol. The molecule has 0 saturated heterocycles. The lowest BCUT2D eigenvalue weighted by Crippen LogP contribution is -2.13. The van der Waals surface area contributed by atoms with Crippen molar-refractivity contribution in [2.75, 3.05) is 11.1 Å². The lowest BCUT2D eigenvalue weighted by molar-refractivity contribution is 0.818. The summed E-state index contributed by atoms with van der Waals surface area (Å²) in [6, 6.07) is 4.18. The highest BCUT2D eigenvalue weighted by Crippen LogP contribution is 2.36. The van der Waals surface area contributed by atoms with Gasteiger partial charge < -0.3 is 11.1 Å². The number of hydrogen-bond acceptors (Lipinski definition) is 5.